The fraction of sp³-hybridized carbons (Fsp3) is 0.400. The fourth-order valence-corrected chi connectivity index (χ4v) is 3.08. The van der Waals surface area contributed by atoms with Crippen LogP contribution >= 0.6 is 0 Å². The molecule has 0 atom stereocenters. The van der Waals surface area contributed by atoms with E-state index >= 15 is 0 Å². The molecule has 0 aromatic heterocycles. The first-order valence-corrected chi connectivity index (χ1v) is 8.33. The number of morpholine rings is 1. The Morgan fingerprint density at radius 1 is 0.958 bits per heavy atom. The van der Waals surface area contributed by atoms with Crippen LogP contribution in [0, 0.1) is 6.92 Å². The summed E-state index contributed by atoms with van der Waals surface area (Å²) in [6.07, 6.45) is 0. The van der Waals surface area contributed by atoms with Gasteiger partial charge >= 0.3 is 0 Å². The van der Waals surface area contributed by atoms with Gasteiger partial charge in [-0.2, -0.15) is 0 Å². The maximum Gasteiger partial charge on any atom is 0.130 e. The van der Waals surface area contributed by atoms with Gasteiger partial charge in [-0.15, -0.1) is 0 Å². The SMILES string of the molecule is COc1cc(CN2CCOCC2)cc(OC)c1-c1ccc(C)cc1. The number of hydrogen-bond donors (Lipinski definition) is 0. The minimum absolute atomic E-state index is 0.801. The molecule has 1 heterocycles. The van der Waals surface area contributed by atoms with Gasteiger partial charge in [0.1, 0.15) is 11.5 Å². The van der Waals surface area contributed by atoms with Gasteiger partial charge in [0, 0.05) is 19.6 Å². The molecule has 0 radical (unpaired) electrons. The van der Waals surface area contributed by atoms with Gasteiger partial charge in [-0.1, -0.05) is 29.8 Å². The Kier molecular flexibility index (Phi) is 5.38. The lowest BCUT2D eigenvalue weighted by molar-refractivity contribution is 0.0341. The first kappa shape index (κ1) is 16.8. The van der Waals surface area contributed by atoms with Crippen LogP contribution in [0.5, 0.6) is 11.5 Å². The van der Waals surface area contributed by atoms with Gasteiger partial charge in [-0.05, 0) is 30.2 Å². The van der Waals surface area contributed by atoms with Crippen LogP contribution in [-0.4, -0.2) is 45.4 Å². The van der Waals surface area contributed by atoms with Gasteiger partial charge in [0.15, 0.2) is 0 Å². The van der Waals surface area contributed by atoms with Crippen molar-refractivity contribution >= 4 is 0 Å². The summed E-state index contributed by atoms with van der Waals surface area (Å²) in [5.41, 5.74) is 4.54. The van der Waals surface area contributed by atoms with Crippen molar-refractivity contribution in [3.05, 3.63) is 47.5 Å². The monoisotopic (exact) mass is 327 g/mol. The molecule has 0 bridgehead atoms. The van der Waals surface area contributed by atoms with Crippen LogP contribution in [0.25, 0.3) is 11.1 Å². The number of methoxy groups -OCH3 is 2. The van der Waals surface area contributed by atoms with Crippen LogP contribution in [0.3, 0.4) is 0 Å². The van der Waals surface area contributed by atoms with Gasteiger partial charge in [-0.25, -0.2) is 0 Å². The van der Waals surface area contributed by atoms with E-state index in [0.29, 0.717) is 0 Å². The molecule has 0 amide bonds. The second-order valence-electron chi connectivity index (χ2n) is 6.13. The zero-order valence-electron chi connectivity index (χ0n) is 14.7. The van der Waals surface area contributed by atoms with Crippen LogP contribution in [0.2, 0.25) is 0 Å². The largest absolute Gasteiger partial charge is 0.496 e. The fourth-order valence-electron chi connectivity index (χ4n) is 3.08. The van der Waals surface area contributed by atoms with E-state index in [4.69, 9.17) is 14.2 Å². The van der Waals surface area contributed by atoms with Gasteiger partial charge in [0.2, 0.25) is 0 Å². The lowest BCUT2D eigenvalue weighted by atomic mass is 9.99. The summed E-state index contributed by atoms with van der Waals surface area (Å²) in [5, 5.41) is 0. The molecule has 24 heavy (non-hydrogen) atoms. The highest BCUT2D eigenvalue weighted by molar-refractivity contribution is 5.77. The summed E-state index contributed by atoms with van der Waals surface area (Å²) in [5.74, 6) is 1.70. The quantitative estimate of drug-likeness (QED) is 0.841. The van der Waals surface area contributed by atoms with Crippen molar-refractivity contribution < 1.29 is 14.2 Å². The van der Waals surface area contributed by atoms with Gasteiger partial charge in [0.05, 0.1) is 33.0 Å². The molecule has 4 heteroatoms. The van der Waals surface area contributed by atoms with Crippen molar-refractivity contribution in [1.29, 1.82) is 0 Å². The molecular formula is C20H25NO3. The van der Waals surface area contributed by atoms with Crippen LogP contribution in [0.1, 0.15) is 11.1 Å². The topological polar surface area (TPSA) is 30.9 Å². The Balaban J connectivity index is 1.95. The lowest BCUT2D eigenvalue weighted by Gasteiger charge is -2.27. The van der Waals surface area contributed by atoms with Crippen molar-refractivity contribution in [3.8, 4) is 22.6 Å². The number of benzene rings is 2. The standard InChI is InChI=1S/C20H25NO3/c1-15-4-6-17(7-5-15)20-18(22-2)12-16(13-19(20)23-3)14-21-8-10-24-11-9-21/h4-7,12-13H,8-11,14H2,1-3H3. The lowest BCUT2D eigenvalue weighted by Crippen LogP contribution is -2.35. The highest BCUT2D eigenvalue weighted by Gasteiger charge is 2.17. The Morgan fingerprint density at radius 2 is 1.54 bits per heavy atom. The average Bonchev–Trinajstić information content (AvgIpc) is 2.62. The van der Waals surface area contributed by atoms with E-state index in [-0.39, 0.29) is 0 Å². The van der Waals surface area contributed by atoms with E-state index in [1.165, 1.54) is 11.1 Å². The Labute approximate surface area is 144 Å². The molecule has 0 unspecified atom stereocenters. The molecule has 2 aromatic rings. The molecule has 0 aliphatic carbocycles. The summed E-state index contributed by atoms with van der Waals surface area (Å²) < 4.78 is 16.8. The van der Waals surface area contributed by atoms with Gasteiger partial charge < -0.3 is 14.2 Å². The van der Waals surface area contributed by atoms with Crippen LogP contribution in [-0.2, 0) is 11.3 Å². The second-order valence-corrected chi connectivity index (χ2v) is 6.13. The summed E-state index contributed by atoms with van der Waals surface area (Å²) in [7, 11) is 3.43. The third-order valence-electron chi connectivity index (χ3n) is 4.42. The molecule has 1 fully saturated rings. The van der Waals surface area contributed by atoms with E-state index in [2.05, 4.69) is 48.2 Å². The third kappa shape index (κ3) is 3.71. The summed E-state index contributed by atoms with van der Waals surface area (Å²) in [4.78, 5) is 2.39. The molecule has 0 N–H and O–H groups in total. The zero-order chi connectivity index (χ0) is 16.9. The van der Waals surface area contributed by atoms with Gasteiger partial charge in [-0.3, -0.25) is 4.90 Å². The third-order valence-corrected chi connectivity index (χ3v) is 4.42. The molecule has 1 saturated heterocycles. The number of rotatable bonds is 5. The highest BCUT2D eigenvalue weighted by atomic mass is 16.5. The predicted molar refractivity (Wildman–Crippen MR) is 95.8 cm³/mol. The number of hydrogen-bond acceptors (Lipinski definition) is 4. The summed E-state index contributed by atoms with van der Waals surface area (Å²) >= 11 is 0. The van der Waals surface area contributed by atoms with E-state index in [1.54, 1.807) is 14.2 Å². The van der Waals surface area contributed by atoms with Crippen LogP contribution in [0.4, 0.5) is 0 Å². The zero-order valence-corrected chi connectivity index (χ0v) is 14.7. The predicted octanol–water partition coefficient (Wildman–Crippen LogP) is 3.51. The first-order chi connectivity index (χ1) is 11.7. The van der Waals surface area contributed by atoms with E-state index in [0.717, 1.165) is 55.5 Å². The number of ether oxygens (including phenoxy) is 3. The molecule has 1 aliphatic rings. The maximum atomic E-state index is 5.68. The van der Waals surface area contributed by atoms with Crippen LogP contribution < -0.4 is 9.47 Å². The van der Waals surface area contributed by atoms with Crippen molar-refractivity contribution in [2.45, 2.75) is 13.5 Å². The molecule has 1 aliphatic heterocycles. The summed E-state index contributed by atoms with van der Waals surface area (Å²) in [6.45, 7) is 6.49. The van der Waals surface area contributed by atoms with Crippen molar-refractivity contribution in [2.75, 3.05) is 40.5 Å². The van der Waals surface area contributed by atoms with Crippen molar-refractivity contribution in [1.82, 2.24) is 4.90 Å². The minimum atomic E-state index is 0.801. The Hall–Kier alpha value is -2.04. The average molecular weight is 327 g/mol. The Morgan fingerprint density at radius 3 is 2.08 bits per heavy atom. The normalized spacial score (nSPS) is 15.3. The summed E-state index contributed by atoms with van der Waals surface area (Å²) in [6, 6.07) is 12.7. The second kappa shape index (κ2) is 7.69. The van der Waals surface area contributed by atoms with Crippen LogP contribution in [0.15, 0.2) is 36.4 Å². The van der Waals surface area contributed by atoms with E-state index in [9.17, 15) is 0 Å². The minimum Gasteiger partial charge on any atom is -0.496 e. The maximum absolute atomic E-state index is 5.68. The van der Waals surface area contributed by atoms with E-state index in [1.807, 2.05) is 0 Å². The van der Waals surface area contributed by atoms with Gasteiger partial charge in [0.25, 0.3) is 0 Å². The van der Waals surface area contributed by atoms with E-state index < -0.39 is 0 Å². The smallest absolute Gasteiger partial charge is 0.130 e. The molecule has 3 rings (SSSR count). The molecule has 128 valence electrons. The molecule has 4 nitrogen and oxygen atoms in total. The number of aryl methyl sites for hydroxylation is 1. The molecule has 2 aromatic carbocycles. The molecule has 0 spiro atoms. The molecular weight excluding hydrogens is 302 g/mol. The Bertz CT molecular complexity index is 651. The number of nitrogens with zero attached hydrogens (tertiary/aromatic N) is 1. The van der Waals surface area contributed by atoms with Crippen molar-refractivity contribution in [2.24, 2.45) is 0 Å². The molecule has 0 saturated carbocycles. The highest BCUT2D eigenvalue weighted by Crippen LogP contribution is 2.40. The first-order valence-electron chi connectivity index (χ1n) is 8.33. The van der Waals surface area contributed by atoms with Crippen molar-refractivity contribution in [3.63, 3.8) is 0 Å².